The van der Waals surface area contributed by atoms with Gasteiger partial charge in [0, 0.05) is 57.8 Å². The molecule has 0 unspecified atom stereocenters. The van der Waals surface area contributed by atoms with Gasteiger partial charge in [0.1, 0.15) is 0 Å². The molecule has 0 fully saturated rings. The fourth-order valence-electron chi connectivity index (χ4n) is 2.36. The maximum absolute atomic E-state index is 11.6. The number of carbonyl (C=O) groups is 2. The molecule has 1 radical (unpaired) electrons. The second kappa shape index (κ2) is 24.2. The second-order valence-electron chi connectivity index (χ2n) is 6.05. The van der Waals surface area contributed by atoms with E-state index in [4.69, 9.17) is 5.26 Å². The average molecular weight is 544 g/mol. The number of amides is 2. The van der Waals surface area contributed by atoms with E-state index in [0.717, 1.165) is 6.42 Å². The molecule has 2 rings (SSSR count). The Hall–Kier alpha value is -1.42. The van der Waals surface area contributed by atoms with Gasteiger partial charge in [-0.05, 0) is 25.3 Å². The van der Waals surface area contributed by atoms with E-state index in [1.165, 1.54) is 24.8 Å². The molecule has 5 N–H and O–H groups in total. The molecule has 0 aliphatic heterocycles. The van der Waals surface area contributed by atoms with E-state index in [1.54, 1.807) is 36.0 Å². The first kappa shape index (κ1) is 35.2. The minimum absolute atomic E-state index is 0. The molecular formula is C22H35ClN4O4Y. The van der Waals surface area contributed by atoms with E-state index in [9.17, 15) is 9.59 Å². The van der Waals surface area contributed by atoms with Crippen molar-refractivity contribution in [3.63, 3.8) is 0 Å². The Labute approximate surface area is 221 Å². The van der Waals surface area contributed by atoms with Crippen molar-refractivity contribution in [3.8, 4) is 0 Å². The minimum atomic E-state index is -0.335. The first-order chi connectivity index (χ1) is 14.6. The van der Waals surface area contributed by atoms with Crippen LogP contribution < -0.4 is 15.2 Å². The van der Waals surface area contributed by atoms with Gasteiger partial charge in [-0.15, -0.1) is 11.6 Å². The summed E-state index contributed by atoms with van der Waals surface area (Å²) < 4.78 is 1.54. The smallest absolute Gasteiger partial charge is 0.281 e. The zero-order valence-electron chi connectivity index (χ0n) is 19.1. The van der Waals surface area contributed by atoms with Crippen LogP contribution in [-0.2, 0) is 49.1 Å². The van der Waals surface area contributed by atoms with Crippen molar-refractivity contribution in [2.45, 2.75) is 39.8 Å². The van der Waals surface area contributed by atoms with Gasteiger partial charge in [0.25, 0.3) is 12.6 Å². The monoisotopic (exact) mass is 543 g/mol. The van der Waals surface area contributed by atoms with Gasteiger partial charge in [0.15, 0.2) is 12.4 Å². The molecule has 0 spiro atoms. The Balaban J connectivity index is -0.000000514. The summed E-state index contributed by atoms with van der Waals surface area (Å²) >= 11 is 4.64. The van der Waals surface area contributed by atoms with Crippen LogP contribution in [0, 0.1) is 0 Å². The maximum atomic E-state index is 11.6. The van der Waals surface area contributed by atoms with Crippen LogP contribution in [0.25, 0.3) is 6.15 Å². The van der Waals surface area contributed by atoms with Gasteiger partial charge in [-0.3, -0.25) is 9.59 Å². The molecule has 0 saturated carbocycles. The summed E-state index contributed by atoms with van der Waals surface area (Å²) in [6.45, 7) is 4.48. The van der Waals surface area contributed by atoms with Crippen LogP contribution in [0.5, 0.6) is 0 Å². The number of alkyl halides is 1. The molecule has 1 aliphatic rings. The maximum Gasteiger partial charge on any atom is 0.281 e. The Morgan fingerprint density at radius 1 is 1.16 bits per heavy atom. The quantitative estimate of drug-likeness (QED) is 0.198. The summed E-state index contributed by atoms with van der Waals surface area (Å²) in [4.78, 5) is 26.7. The van der Waals surface area contributed by atoms with Crippen LogP contribution in [0.1, 0.15) is 43.5 Å². The van der Waals surface area contributed by atoms with Crippen molar-refractivity contribution in [2.24, 2.45) is 0 Å². The molecule has 32 heavy (non-hydrogen) atoms. The molecule has 2 amide bonds. The van der Waals surface area contributed by atoms with Gasteiger partial charge in [-0.2, -0.15) is 9.45 Å². The van der Waals surface area contributed by atoms with Crippen molar-refractivity contribution >= 4 is 23.4 Å². The number of allylic oxidation sites excluding steroid dienone is 6. The summed E-state index contributed by atoms with van der Waals surface area (Å²) in [6.07, 6.45) is 19.1. The zero-order chi connectivity index (χ0) is 22.6. The number of carbonyl (C=O) groups excluding carboxylic acids is 2. The van der Waals surface area contributed by atoms with E-state index in [1.807, 2.05) is 0 Å². The summed E-state index contributed by atoms with van der Waals surface area (Å²) in [5, 5.41) is 13.3. The molecular weight excluding hydrogens is 509 g/mol. The van der Waals surface area contributed by atoms with E-state index in [0.29, 0.717) is 12.1 Å². The Morgan fingerprint density at radius 3 is 2.38 bits per heavy atom. The number of nitrogens with zero attached hydrogens (tertiary/aromatic N) is 1. The van der Waals surface area contributed by atoms with Gasteiger partial charge in [-0.25, -0.2) is 5.26 Å². The van der Waals surface area contributed by atoms with Crippen LogP contribution >= 0.6 is 11.6 Å². The van der Waals surface area contributed by atoms with Crippen LogP contribution in [0.2, 0.25) is 0 Å². The Bertz CT molecular complexity index is 710. The third-order valence-electron chi connectivity index (χ3n) is 3.73. The topological polar surface area (TPSA) is 125 Å². The van der Waals surface area contributed by atoms with Crippen LogP contribution in [-0.4, -0.2) is 36.5 Å². The normalized spacial score (nSPS) is 11.0. The third-order valence-corrected chi connectivity index (χ3v) is 3.73. The van der Waals surface area contributed by atoms with Gasteiger partial charge < -0.3 is 16.8 Å². The number of hydrogen-bond acceptors (Lipinski definition) is 4. The number of pyridine rings is 1. The summed E-state index contributed by atoms with van der Waals surface area (Å²) in [5.74, 6) is -0.566. The van der Waals surface area contributed by atoms with Crippen LogP contribution in [0.15, 0.2) is 60.5 Å². The van der Waals surface area contributed by atoms with E-state index in [2.05, 4.69) is 64.4 Å². The number of likely N-dealkylation sites (N-methyl/N-ethyl adjacent to an activating group) is 1. The molecule has 1 heterocycles. The van der Waals surface area contributed by atoms with E-state index in [-0.39, 0.29) is 63.9 Å². The molecule has 1 aliphatic carbocycles. The number of nitrogens with two attached hydrogens (primary N) is 1. The molecule has 8 nitrogen and oxygen atoms in total. The van der Waals surface area contributed by atoms with Crippen LogP contribution in [0.4, 0.5) is 0 Å². The fraction of sp³-hybridized carbons (Fsp3) is 0.409. The van der Waals surface area contributed by atoms with Crippen molar-refractivity contribution in [3.05, 3.63) is 72.2 Å². The van der Waals surface area contributed by atoms with Crippen LogP contribution in [0.3, 0.4) is 0 Å². The SMILES string of the molecule is CCCC1=CC=CCC=C1.CCNC(=O)CNC(=O)c1cc[n+](COO)cc1.CCl.[NH2-].[Y]. The number of nitrogens with one attached hydrogen (secondary N) is 2. The largest absolute Gasteiger partial charge is 0.693 e. The number of aromatic nitrogens is 1. The van der Waals surface area contributed by atoms with Crippen molar-refractivity contribution in [1.29, 1.82) is 0 Å². The first-order valence-corrected chi connectivity index (χ1v) is 10.6. The van der Waals surface area contributed by atoms with Gasteiger partial charge in [0.05, 0.1) is 12.1 Å². The summed E-state index contributed by atoms with van der Waals surface area (Å²) in [7, 11) is 0. The zero-order valence-corrected chi connectivity index (χ0v) is 22.7. The van der Waals surface area contributed by atoms with Crippen molar-refractivity contribution < 1.29 is 57.0 Å². The second-order valence-corrected chi connectivity index (χ2v) is 6.05. The standard InChI is InChI=1S/C11H15N3O4.C10H14.CH3Cl.H2N.Y/c1-2-12-10(15)7-13-11(16)9-3-5-14(6-4-9)8-18-17;1-2-7-10-8-5-3-4-6-9-10;1-2;;/h3-6H,2,7-8H2,1H3,(H2-,12,13,15,16,17);3,5-6,8-9H,2,4,7H2,1H3;1H3;1H2;/q;;;-1;/p+1. The molecule has 0 atom stereocenters. The number of halogens is 1. The molecule has 1 aromatic heterocycles. The number of hydrogen-bond donors (Lipinski definition) is 3. The Kier molecular flexibility index (Phi) is 26.6. The number of rotatable bonds is 8. The van der Waals surface area contributed by atoms with E-state index >= 15 is 0 Å². The molecule has 177 valence electrons. The minimum Gasteiger partial charge on any atom is -0.693 e. The fourth-order valence-corrected chi connectivity index (χ4v) is 2.36. The molecule has 0 saturated heterocycles. The van der Waals surface area contributed by atoms with Gasteiger partial charge in [-0.1, -0.05) is 43.7 Å². The molecule has 0 aromatic carbocycles. The molecule has 10 heteroatoms. The first-order valence-electron chi connectivity index (χ1n) is 9.81. The third kappa shape index (κ3) is 17.2. The summed E-state index contributed by atoms with van der Waals surface area (Å²) in [5.41, 5.74) is 1.88. The van der Waals surface area contributed by atoms with Crippen molar-refractivity contribution in [1.82, 2.24) is 10.6 Å². The van der Waals surface area contributed by atoms with E-state index < -0.39 is 0 Å². The summed E-state index contributed by atoms with van der Waals surface area (Å²) in [6, 6.07) is 3.12. The predicted octanol–water partition coefficient (Wildman–Crippen LogP) is 4.09. The van der Waals surface area contributed by atoms with Gasteiger partial charge in [0.2, 0.25) is 5.91 Å². The van der Waals surface area contributed by atoms with Crippen molar-refractivity contribution in [2.75, 3.05) is 19.5 Å². The predicted molar refractivity (Wildman–Crippen MR) is 124 cm³/mol. The molecule has 0 bridgehead atoms. The average Bonchev–Trinajstić information content (AvgIpc) is 3.04. The molecule has 1 aromatic rings. The van der Waals surface area contributed by atoms with Gasteiger partial charge >= 0.3 is 0 Å². The Morgan fingerprint density at radius 2 is 1.81 bits per heavy atom.